The summed E-state index contributed by atoms with van der Waals surface area (Å²) in [5.74, 6) is 0.726. The van der Waals surface area contributed by atoms with Crippen molar-refractivity contribution >= 4 is 5.65 Å². The minimum Gasteiger partial charge on any atom is -0.307 e. The van der Waals surface area contributed by atoms with Crippen LogP contribution in [0.4, 0.5) is 0 Å². The highest BCUT2D eigenvalue weighted by Crippen LogP contribution is 2.52. The van der Waals surface area contributed by atoms with Crippen LogP contribution in [0, 0.1) is 18.3 Å². The molecule has 4 aromatic rings. The molecule has 5 nitrogen and oxygen atoms in total. The molecule has 5 rings (SSSR count). The van der Waals surface area contributed by atoms with Gasteiger partial charge in [-0.1, -0.05) is 19.9 Å². The lowest BCUT2D eigenvalue weighted by Crippen LogP contribution is -2.03. The van der Waals surface area contributed by atoms with Gasteiger partial charge in [-0.2, -0.15) is 5.10 Å². The van der Waals surface area contributed by atoms with Crippen molar-refractivity contribution in [2.45, 2.75) is 33.7 Å². The van der Waals surface area contributed by atoms with Crippen LogP contribution >= 0.6 is 0 Å². The van der Waals surface area contributed by atoms with Crippen molar-refractivity contribution in [1.82, 2.24) is 24.1 Å². The van der Waals surface area contributed by atoms with Crippen LogP contribution in [0.3, 0.4) is 0 Å². The van der Waals surface area contributed by atoms with Gasteiger partial charge in [-0.25, -0.2) is 4.98 Å². The molecule has 1 aliphatic rings. The number of hydrogen-bond donors (Lipinski definition) is 0. The lowest BCUT2D eigenvalue weighted by atomic mass is 10.0. The van der Waals surface area contributed by atoms with Crippen LogP contribution in [0.1, 0.15) is 26.0 Å². The molecule has 0 aliphatic heterocycles. The predicted molar refractivity (Wildman–Crippen MR) is 106 cm³/mol. The lowest BCUT2D eigenvalue weighted by molar-refractivity contribution is 0.472. The van der Waals surface area contributed by atoms with Gasteiger partial charge in [0.25, 0.3) is 0 Å². The van der Waals surface area contributed by atoms with E-state index in [4.69, 9.17) is 4.98 Å². The number of aryl methyl sites for hydroxylation is 1. The van der Waals surface area contributed by atoms with Crippen molar-refractivity contribution < 1.29 is 0 Å². The van der Waals surface area contributed by atoms with Gasteiger partial charge in [0.05, 0.1) is 11.9 Å². The molecule has 1 unspecified atom stereocenters. The van der Waals surface area contributed by atoms with Gasteiger partial charge in [0.15, 0.2) is 0 Å². The molecule has 5 heteroatoms. The normalized spacial score (nSPS) is 18.1. The summed E-state index contributed by atoms with van der Waals surface area (Å²) < 4.78 is 4.09. The van der Waals surface area contributed by atoms with Crippen LogP contribution in [-0.4, -0.2) is 24.1 Å². The van der Waals surface area contributed by atoms with Gasteiger partial charge in [-0.15, -0.1) is 0 Å². The number of rotatable bonds is 4. The Balaban J connectivity index is 1.54. The van der Waals surface area contributed by atoms with Crippen LogP contribution in [0.25, 0.3) is 28.0 Å². The summed E-state index contributed by atoms with van der Waals surface area (Å²) in [6.07, 6.45) is 11.2. The number of nitrogens with zero attached hydrogens (tertiary/aromatic N) is 5. The summed E-state index contributed by atoms with van der Waals surface area (Å²) in [6, 6.07) is 8.39. The van der Waals surface area contributed by atoms with Gasteiger partial charge in [0.1, 0.15) is 5.65 Å². The molecule has 0 aromatic carbocycles. The summed E-state index contributed by atoms with van der Waals surface area (Å²) >= 11 is 0. The Bertz CT molecular complexity index is 1130. The third-order valence-corrected chi connectivity index (χ3v) is 5.78. The van der Waals surface area contributed by atoms with E-state index in [0.717, 1.165) is 46.2 Å². The van der Waals surface area contributed by atoms with Crippen molar-refractivity contribution in [2.75, 3.05) is 0 Å². The molecule has 27 heavy (non-hydrogen) atoms. The highest BCUT2D eigenvalue weighted by atomic mass is 15.3. The van der Waals surface area contributed by atoms with Gasteiger partial charge in [-0.3, -0.25) is 9.67 Å². The van der Waals surface area contributed by atoms with E-state index in [-0.39, 0.29) is 0 Å². The van der Waals surface area contributed by atoms with Crippen LogP contribution < -0.4 is 0 Å². The summed E-state index contributed by atoms with van der Waals surface area (Å²) in [7, 11) is 0. The minimum absolute atomic E-state index is 0.461. The van der Waals surface area contributed by atoms with Crippen LogP contribution in [-0.2, 0) is 6.54 Å². The Labute approximate surface area is 158 Å². The molecule has 0 bridgehead atoms. The Kier molecular flexibility index (Phi) is 3.47. The smallest absolute Gasteiger partial charge is 0.137 e. The van der Waals surface area contributed by atoms with Gasteiger partial charge in [0, 0.05) is 53.7 Å². The van der Waals surface area contributed by atoms with Crippen LogP contribution in [0.5, 0.6) is 0 Å². The molecule has 0 N–H and O–H groups in total. The Morgan fingerprint density at radius 2 is 2.00 bits per heavy atom. The second-order valence-electron chi connectivity index (χ2n) is 8.30. The molecule has 1 atom stereocenters. The van der Waals surface area contributed by atoms with Gasteiger partial charge < -0.3 is 4.40 Å². The lowest BCUT2D eigenvalue weighted by Gasteiger charge is -2.09. The number of hydrogen-bond acceptors (Lipinski definition) is 3. The summed E-state index contributed by atoms with van der Waals surface area (Å²) in [5.41, 5.74) is 6.66. The van der Waals surface area contributed by atoms with E-state index in [9.17, 15) is 0 Å². The molecule has 1 saturated carbocycles. The monoisotopic (exact) mass is 357 g/mol. The zero-order chi connectivity index (χ0) is 18.6. The first-order valence-corrected chi connectivity index (χ1v) is 9.43. The maximum absolute atomic E-state index is 4.84. The zero-order valence-corrected chi connectivity index (χ0v) is 15.9. The molecule has 4 aromatic heterocycles. The summed E-state index contributed by atoms with van der Waals surface area (Å²) in [6.45, 7) is 7.67. The van der Waals surface area contributed by atoms with E-state index in [0.29, 0.717) is 5.41 Å². The average molecular weight is 357 g/mol. The predicted octanol–water partition coefficient (Wildman–Crippen LogP) is 4.61. The largest absolute Gasteiger partial charge is 0.307 e. The highest BCUT2D eigenvalue weighted by Gasteiger charge is 2.45. The summed E-state index contributed by atoms with van der Waals surface area (Å²) in [4.78, 5) is 9.25. The maximum atomic E-state index is 4.84. The van der Waals surface area contributed by atoms with Crippen LogP contribution in [0.15, 0.2) is 55.2 Å². The topological polar surface area (TPSA) is 48.0 Å². The number of aromatic nitrogens is 5. The van der Waals surface area contributed by atoms with Gasteiger partial charge in [0.2, 0.25) is 0 Å². The molecule has 1 aliphatic carbocycles. The van der Waals surface area contributed by atoms with E-state index < -0.39 is 0 Å². The molecule has 4 heterocycles. The first kappa shape index (κ1) is 16.2. The molecular formula is C22H23N5. The maximum Gasteiger partial charge on any atom is 0.137 e. The molecule has 0 radical (unpaired) electrons. The fourth-order valence-corrected chi connectivity index (χ4v) is 3.78. The second-order valence-corrected chi connectivity index (χ2v) is 8.30. The van der Waals surface area contributed by atoms with Crippen molar-refractivity contribution in [3.63, 3.8) is 0 Å². The van der Waals surface area contributed by atoms with Gasteiger partial charge >= 0.3 is 0 Å². The van der Waals surface area contributed by atoms with E-state index in [2.05, 4.69) is 59.1 Å². The summed E-state index contributed by atoms with van der Waals surface area (Å²) in [5, 5.41) is 4.61. The van der Waals surface area contributed by atoms with E-state index in [1.807, 2.05) is 36.1 Å². The standard InChI is InChI=1S/C22H23N5/c1-15-4-5-19(17-12-24-27(13-17)14-18-11-22(18,2)3)21(25-15)16-6-8-26-9-7-23-20(26)10-16/h4-10,12-13,18H,11,14H2,1-3H3. The SMILES string of the molecule is Cc1ccc(-c2cnn(CC3CC3(C)C)c2)c(-c2ccn3ccnc3c2)n1. The number of fused-ring (bicyclic) bond motifs is 1. The van der Waals surface area contributed by atoms with E-state index in [1.54, 1.807) is 0 Å². The zero-order valence-electron chi connectivity index (χ0n) is 15.9. The van der Waals surface area contributed by atoms with Crippen molar-refractivity contribution in [3.05, 3.63) is 60.9 Å². The van der Waals surface area contributed by atoms with Gasteiger partial charge in [-0.05, 0) is 42.9 Å². The quantitative estimate of drug-likeness (QED) is 0.536. The molecule has 136 valence electrons. The molecular weight excluding hydrogens is 334 g/mol. The van der Waals surface area contributed by atoms with Crippen molar-refractivity contribution in [3.8, 4) is 22.4 Å². The Morgan fingerprint density at radius 3 is 2.81 bits per heavy atom. The molecule has 1 fully saturated rings. The van der Waals surface area contributed by atoms with E-state index in [1.165, 1.54) is 6.42 Å². The molecule has 0 amide bonds. The number of imidazole rings is 1. The first-order valence-electron chi connectivity index (χ1n) is 9.43. The first-order chi connectivity index (χ1) is 13.0. The van der Waals surface area contributed by atoms with Crippen molar-refractivity contribution in [2.24, 2.45) is 11.3 Å². The van der Waals surface area contributed by atoms with Crippen molar-refractivity contribution in [1.29, 1.82) is 0 Å². The fraction of sp³-hybridized carbons (Fsp3) is 0.318. The second kappa shape index (κ2) is 5.78. The molecule has 0 saturated heterocycles. The third kappa shape index (κ3) is 2.93. The minimum atomic E-state index is 0.461. The van der Waals surface area contributed by atoms with E-state index >= 15 is 0 Å². The molecule has 0 spiro atoms. The van der Waals surface area contributed by atoms with Crippen LogP contribution in [0.2, 0.25) is 0 Å². The Hall–Kier alpha value is -2.95. The average Bonchev–Trinajstić information content (AvgIpc) is 3.04. The fourth-order valence-electron chi connectivity index (χ4n) is 3.78. The Morgan fingerprint density at radius 1 is 1.15 bits per heavy atom. The number of pyridine rings is 2. The highest BCUT2D eigenvalue weighted by molar-refractivity contribution is 5.81. The third-order valence-electron chi connectivity index (χ3n) is 5.78.